The molecule has 0 aliphatic heterocycles. The highest BCUT2D eigenvalue weighted by Crippen LogP contribution is 2.16. The number of guanidine groups is 1. The number of nitrogens with zero attached hydrogens (tertiary/aromatic N) is 4. The fraction of sp³-hybridized carbons (Fsp3) is 0.571. The SMILES string of the molecule is CCNC(=NCc1ccc(C)cc1)NCCCc1nnc(SC)n1CC(C)C. The van der Waals surface area contributed by atoms with Crippen molar-refractivity contribution in [2.45, 2.75) is 58.8 Å². The Morgan fingerprint density at radius 3 is 2.57 bits per heavy atom. The van der Waals surface area contributed by atoms with Gasteiger partial charge in [0.05, 0.1) is 6.54 Å². The Balaban J connectivity index is 1.86. The number of aryl methyl sites for hydroxylation is 2. The number of aliphatic imine (C=N–C) groups is 1. The van der Waals surface area contributed by atoms with E-state index in [1.807, 2.05) is 0 Å². The smallest absolute Gasteiger partial charge is 0.191 e. The third-order valence-corrected chi connectivity index (χ3v) is 4.95. The zero-order valence-corrected chi connectivity index (χ0v) is 18.6. The number of hydrogen-bond acceptors (Lipinski definition) is 4. The summed E-state index contributed by atoms with van der Waals surface area (Å²) in [6, 6.07) is 8.52. The molecule has 0 saturated carbocycles. The van der Waals surface area contributed by atoms with E-state index in [1.54, 1.807) is 11.8 Å². The Morgan fingerprint density at radius 2 is 1.93 bits per heavy atom. The third kappa shape index (κ3) is 7.19. The summed E-state index contributed by atoms with van der Waals surface area (Å²) in [5.41, 5.74) is 2.49. The largest absolute Gasteiger partial charge is 0.357 e. The highest BCUT2D eigenvalue weighted by atomic mass is 32.2. The van der Waals surface area contributed by atoms with E-state index >= 15 is 0 Å². The van der Waals surface area contributed by atoms with E-state index in [-0.39, 0.29) is 0 Å². The zero-order valence-electron chi connectivity index (χ0n) is 17.8. The van der Waals surface area contributed by atoms with E-state index in [2.05, 4.69) is 83.6 Å². The summed E-state index contributed by atoms with van der Waals surface area (Å²) >= 11 is 1.66. The van der Waals surface area contributed by atoms with Crippen molar-refractivity contribution in [2.75, 3.05) is 19.3 Å². The van der Waals surface area contributed by atoms with Crippen molar-refractivity contribution < 1.29 is 0 Å². The predicted molar refractivity (Wildman–Crippen MR) is 119 cm³/mol. The van der Waals surface area contributed by atoms with Crippen LogP contribution in [0, 0.1) is 12.8 Å². The molecule has 28 heavy (non-hydrogen) atoms. The summed E-state index contributed by atoms with van der Waals surface area (Å²) in [5.74, 6) is 2.51. The summed E-state index contributed by atoms with van der Waals surface area (Å²) < 4.78 is 2.26. The van der Waals surface area contributed by atoms with Crippen LogP contribution in [0.5, 0.6) is 0 Å². The molecule has 0 spiro atoms. The van der Waals surface area contributed by atoms with E-state index in [0.717, 1.165) is 49.4 Å². The molecule has 2 rings (SSSR count). The van der Waals surface area contributed by atoms with E-state index in [1.165, 1.54) is 11.1 Å². The molecule has 0 saturated heterocycles. The van der Waals surface area contributed by atoms with Crippen LogP contribution in [-0.4, -0.2) is 40.1 Å². The van der Waals surface area contributed by atoms with Crippen molar-refractivity contribution in [2.24, 2.45) is 10.9 Å². The molecule has 7 heteroatoms. The number of thioether (sulfide) groups is 1. The minimum absolute atomic E-state index is 0.577. The Kier molecular flexibility index (Phi) is 9.34. The summed E-state index contributed by atoms with van der Waals surface area (Å²) in [4.78, 5) is 4.69. The summed E-state index contributed by atoms with van der Waals surface area (Å²) in [7, 11) is 0. The van der Waals surface area contributed by atoms with Crippen molar-refractivity contribution in [1.29, 1.82) is 0 Å². The number of nitrogens with one attached hydrogen (secondary N) is 2. The number of benzene rings is 1. The molecule has 0 radical (unpaired) electrons. The standard InChI is InChI=1S/C21H34N6S/c1-6-22-20(24-14-18-11-9-17(4)10-12-18)23-13-7-8-19-25-26-21(28-5)27(19)15-16(2)3/h9-12,16H,6-8,13-15H2,1-5H3,(H2,22,23,24). The highest BCUT2D eigenvalue weighted by molar-refractivity contribution is 7.98. The topological polar surface area (TPSA) is 67.1 Å². The maximum Gasteiger partial charge on any atom is 0.191 e. The first kappa shape index (κ1) is 22.3. The third-order valence-electron chi connectivity index (χ3n) is 4.28. The molecule has 0 amide bonds. The predicted octanol–water partition coefficient (Wildman–Crippen LogP) is 3.65. The fourth-order valence-electron chi connectivity index (χ4n) is 2.86. The molecule has 2 aromatic rings. The summed E-state index contributed by atoms with van der Waals surface area (Å²) in [5, 5.41) is 16.5. The van der Waals surface area contributed by atoms with Crippen LogP contribution in [0.1, 0.15) is 44.1 Å². The Morgan fingerprint density at radius 1 is 1.18 bits per heavy atom. The molecule has 0 atom stereocenters. The maximum atomic E-state index is 4.69. The minimum Gasteiger partial charge on any atom is -0.357 e. The van der Waals surface area contributed by atoms with Gasteiger partial charge in [-0.15, -0.1) is 10.2 Å². The molecule has 0 unspecified atom stereocenters. The minimum atomic E-state index is 0.577. The average molecular weight is 403 g/mol. The summed E-state index contributed by atoms with van der Waals surface area (Å²) in [6.45, 7) is 12.0. The van der Waals surface area contributed by atoms with Crippen LogP contribution >= 0.6 is 11.8 Å². The molecule has 0 bridgehead atoms. The van der Waals surface area contributed by atoms with Gasteiger partial charge in [0, 0.05) is 26.1 Å². The fourth-order valence-corrected chi connectivity index (χ4v) is 3.39. The summed E-state index contributed by atoms with van der Waals surface area (Å²) in [6.07, 6.45) is 3.95. The van der Waals surface area contributed by atoms with Gasteiger partial charge in [0.15, 0.2) is 11.1 Å². The lowest BCUT2D eigenvalue weighted by molar-refractivity contribution is 0.477. The maximum absolute atomic E-state index is 4.69. The van der Waals surface area contributed by atoms with Gasteiger partial charge in [-0.2, -0.15) is 0 Å². The van der Waals surface area contributed by atoms with Gasteiger partial charge in [-0.05, 0) is 38.0 Å². The molecule has 6 nitrogen and oxygen atoms in total. The van der Waals surface area contributed by atoms with Crippen LogP contribution in [0.25, 0.3) is 0 Å². The molecule has 0 aliphatic carbocycles. The van der Waals surface area contributed by atoms with Crippen molar-refractivity contribution in [1.82, 2.24) is 25.4 Å². The van der Waals surface area contributed by atoms with E-state index < -0.39 is 0 Å². The number of aromatic nitrogens is 3. The first-order valence-electron chi connectivity index (χ1n) is 10.1. The molecule has 154 valence electrons. The van der Waals surface area contributed by atoms with Crippen molar-refractivity contribution >= 4 is 17.7 Å². The lowest BCUT2D eigenvalue weighted by atomic mass is 10.1. The number of rotatable bonds is 10. The molecule has 2 N–H and O–H groups in total. The van der Waals surface area contributed by atoms with Crippen LogP contribution in [0.15, 0.2) is 34.4 Å². The molecule has 0 aliphatic rings. The van der Waals surface area contributed by atoms with Gasteiger partial charge >= 0.3 is 0 Å². The average Bonchev–Trinajstić information content (AvgIpc) is 3.05. The van der Waals surface area contributed by atoms with Crippen LogP contribution in [0.4, 0.5) is 0 Å². The molecule has 0 fully saturated rings. The molecule has 1 aromatic carbocycles. The molecule has 1 aromatic heterocycles. The second-order valence-corrected chi connectivity index (χ2v) is 8.09. The lowest BCUT2D eigenvalue weighted by Gasteiger charge is -2.13. The van der Waals surface area contributed by atoms with Gasteiger partial charge in [0.25, 0.3) is 0 Å². The first-order chi connectivity index (χ1) is 13.5. The van der Waals surface area contributed by atoms with Gasteiger partial charge in [-0.25, -0.2) is 4.99 Å². The highest BCUT2D eigenvalue weighted by Gasteiger charge is 2.12. The van der Waals surface area contributed by atoms with Gasteiger partial charge in [-0.3, -0.25) is 0 Å². The molecule has 1 heterocycles. The monoisotopic (exact) mass is 402 g/mol. The van der Waals surface area contributed by atoms with E-state index in [0.29, 0.717) is 12.5 Å². The van der Waals surface area contributed by atoms with Crippen molar-refractivity contribution in [3.8, 4) is 0 Å². The normalized spacial score (nSPS) is 11.9. The Labute approximate surface area is 173 Å². The van der Waals surface area contributed by atoms with Gasteiger partial charge in [0.2, 0.25) is 0 Å². The zero-order chi connectivity index (χ0) is 20.4. The van der Waals surface area contributed by atoms with Gasteiger partial charge in [0.1, 0.15) is 5.82 Å². The lowest BCUT2D eigenvalue weighted by Crippen LogP contribution is -2.37. The van der Waals surface area contributed by atoms with Crippen LogP contribution < -0.4 is 10.6 Å². The van der Waals surface area contributed by atoms with Crippen LogP contribution in [0.2, 0.25) is 0 Å². The van der Waals surface area contributed by atoms with Crippen molar-refractivity contribution in [3.63, 3.8) is 0 Å². The van der Waals surface area contributed by atoms with Gasteiger partial charge < -0.3 is 15.2 Å². The number of hydrogen-bond donors (Lipinski definition) is 2. The molecular weight excluding hydrogens is 368 g/mol. The first-order valence-corrected chi connectivity index (χ1v) is 11.3. The quantitative estimate of drug-likeness (QED) is 0.275. The van der Waals surface area contributed by atoms with Gasteiger partial charge in [-0.1, -0.05) is 55.4 Å². The van der Waals surface area contributed by atoms with Crippen molar-refractivity contribution in [3.05, 3.63) is 41.2 Å². The Hall–Kier alpha value is -2.02. The van der Waals surface area contributed by atoms with E-state index in [4.69, 9.17) is 4.99 Å². The second-order valence-electron chi connectivity index (χ2n) is 7.32. The van der Waals surface area contributed by atoms with Crippen LogP contribution in [0.3, 0.4) is 0 Å². The van der Waals surface area contributed by atoms with E-state index in [9.17, 15) is 0 Å². The second kappa shape index (κ2) is 11.7. The van der Waals surface area contributed by atoms with Crippen LogP contribution in [-0.2, 0) is 19.5 Å². The Bertz CT molecular complexity index is 736. The molecular formula is C21H34N6S.